The van der Waals surface area contributed by atoms with Gasteiger partial charge in [-0.2, -0.15) is 0 Å². The summed E-state index contributed by atoms with van der Waals surface area (Å²) in [5, 5.41) is -0.0760. The Hall–Kier alpha value is -2.53. The summed E-state index contributed by atoms with van der Waals surface area (Å²) >= 11 is 5.71. The van der Waals surface area contributed by atoms with Gasteiger partial charge in [-0.1, -0.05) is 35.9 Å². The lowest BCUT2D eigenvalue weighted by Crippen LogP contribution is -2.44. The Kier molecular flexibility index (Phi) is 3.16. The minimum atomic E-state index is -0.706. The van der Waals surface area contributed by atoms with Crippen molar-refractivity contribution >= 4 is 34.9 Å². The molecular weight excluding hydrogens is 357 g/mol. The Morgan fingerprint density at radius 2 is 1.65 bits per heavy atom. The number of anilines is 1. The Morgan fingerprint density at radius 3 is 2.38 bits per heavy atom. The zero-order chi connectivity index (χ0) is 18.2. The number of amides is 2. The zero-order valence-corrected chi connectivity index (χ0v) is 14.2. The number of rotatable bonds is 1. The summed E-state index contributed by atoms with van der Waals surface area (Å²) in [6, 6.07) is 11.4. The number of imide groups is 1. The largest absolute Gasteiger partial charge is 0.299 e. The first-order valence-electron chi connectivity index (χ1n) is 8.43. The van der Waals surface area contributed by atoms with E-state index in [1.54, 1.807) is 0 Å². The first-order valence-corrected chi connectivity index (χ1v) is 8.81. The minimum Gasteiger partial charge on any atom is -0.299 e. The van der Waals surface area contributed by atoms with Crippen LogP contribution in [0.15, 0.2) is 42.5 Å². The average molecular weight is 370 g/mol. The number of ketones is 1. The number of carbonyl (C=O) groups is 3. The fourth-order valence-electron chi connectivity index (χ4n) is 4.84. The lowest BCUT2D eigenvalue weighted by Gasteiger charge is -2.43. The third-order valence-electron chi connectivity index (χ3n) is 5.85. The number of fused-ring (bicyclic) bond motifs is 1. The number of carbonyl (C=O) groups excluding carboxylic acids is 3. The van der Waals surface area contributed by atoms with Crippen LogP contribution in [0.2, 0.25) is 5.02 Å². The molecule has 6 rings (SSSR count). The van der Waals surface area contributed by atoms with Crippen LogP contribution in [0.3, 0.4) is 0 Å². The molecular formula is C20H13ClFNO3. The van der Waals surface area contributed by atoms with Gasteiger partial charge < -0.3 is 0 Å². The van der Waals surface area contributed by atoms with E-state index in [1.807, 2.05) is 24.3 Å². The van der Waals surface area contributed by atoms with Crippen LogP contribution in [0, 0.1) is 17.7 Å². The summed E-state index contributed by atoms with van der Waals surface area (Å²) in [4.78, 5) is 39.8. The molecule has 2 amide bonds. The highest BCUT2D eigenvalue weighted by molar-refractivity contribution is 6.31. The summed E-state index contributed by atoms with van der Waals surface area (Å²) in [6.45, 7) is 0. The lowest BCUT2D eigenvalue weighted by molar-refractivity contribution is -0.134. The van der Waals surface area contributed by atoms with E-state index in [4.69, 9.17) is 11.6 Å². The molecule has 2 aromatic carbocycles. The van der Waals surface area contributed by atoms with Gasteiger partial charge in [0.05, 0.1) is 28.5 Å². The van der Waals surface area contributed by atoms with Gasteiger partial charge in [0, 0.05) is 12.3 Å². The minimum absolute atomic E-state index is 0.000219. The molecule has 1 saturated carbocycles. The van der Waals surface area contributed by atoms with Crippen molar-refractivity contribution in [3.05, 3.63) is 64.4 Å². The summed E-state index contributed by atoms with van der Waals surface area (Å²) in [6.07, 6.45) is 0.269. The van der Waals surface area contributed by atoms with Gasteiger partial charge in [-0.25, -0.2) is 9.29 Å². The zero-order valence-electron chi connectivity index (χ0n) is 13.5. The van der Waals surface area contributed by atoms with Crippen molar-refractivity contribution in [1.82, 2.24) is 0 Å². The lowest BCUT2D eigenvalue weighted by atomic mass is 9.56. The first-order chi connectivity index (χ1) is 12.5. The van der Waals surface area contributed by atoms with Gasteiger partial charge in [-0.3, -0.25) is 14.4 Å². The molecule has 130 valence electrons. The molecule has 3 aliphatic carbocycles. The van der Waals surface area contributed by atoms with Gasteiger partial charge in [0.15, 0.2) is 0 Å². The summed E-state index contributed by atoms with van der Waals surface area (Å²) in [5.74, 6) is -3.66. The standard InChI is InChI=1S/C20H13ClFNO3/c21-13-6-5-9(7-14(13)22)23-19(25)17-12-8-15(24)16(18(17)20(23)26)11-4-2-1-3-10(11)12/h1-7,12,16-18H,8H2/t12-,16-,17+,18-/m0/s1. The van der Waals surface area contributed by atoms with Crippen molar-refractivity contribution in [3.63, 3.8) is 0 Å². The van der Waals surface area contributed by atoms with Gasteiger partial charge in [0.1, 0.15) is 11.6 Å². The number of benzene rings is 2. The van der Waals surface area contributed by atoms with Gasteiger partial charge in [0.25, 0.3) is 0 Å². The molecule has 6 heteroatoms. The SMILES string of the molecule is O=C1C[C@H]2c3ccccc3[C@@H]1[C@@H]1C(=O)N(c3ccc(Cl)c(F)c3)C(=O)[C@@H]12. The Morgan fingerprint density at radius 1 is 0.962 bits per heavy atom. The number of halogens is 2. The van der Waals surface area contributed by atoms with E-state index >= 15 is 0 Å². The molecule has 0 unspecified atom stereocenters. The molecule has 1 aliphatic heterocycles. The monoisotopic (exact) mass is 369 g/mol. The van der Waals surface area contributed by atoms with Gasteiger partial charge >= 0.3 is 0 Å². The van der Waals surface area contributed by atoms with E-state index in [0.717, 1.165) is 22.1 Å². The maximum Gasteiger partial charge on any atom is 0.238 e. The van der Waals surface area contributed by atoms with Crippen LogP contribution in [0.5, 0.6) is 0 Å². The molecule has 2 fully saturated rings. The van der Waals surface area contributed by atoms with Gasteiger partial charge in [0.2, 0.25) is 11.8 Å². The van der Waals surface area contributed by atoms with E-state index in [1.165, 1.54) is 12.1 Å². The average Bonchev–Trinajstić information content (AvgIpc) is 2.90. The molecule has 4 atom stereocenters. The van der Waals surface area contributed by atoms with E-state index in [2.05, 4.69) is 0 Å². The molecule has 0 spiro atoms. The number of hydrogen-bond donors (Lipinski definition) is 0. The third kappa shape index (κ3) is 1.86. The number of nitrogens with zero attached hydrogens (tertiary/aromatic N) is 1. The third-order valence-corrected chi connectivity index (χ3v) is 6.16. The highest BCUT2D eigenvalue weighted by Crippen LogP contribution is 2.57. The van der Waals surface area contributed by atoms with Crippen LogP contribution in [-0.4, -0.2) is 17.6 Å². The van der Waals surface area contributed by atoms with E-state index < -0.39 is 29.5 Å². The van der Waals surface area contributed by atoms with Crippen LogP contribution < -0.4 is 4.90 Å². The molecule has 0 N–H and O–H groups in total. The van der Waals surface area contributed by atoms with Crippen molar-refractivity contribution in [1.29, 1.82) is 0 Å². The summed E-state index contributed by atoms with van der Waals surface area (Å²) in [7, 11) is 0. The Labute approximate surface area is 153 Å². The summed E-state index contributed by atoms with van der Waals surface area (Å²) < 4.78 is 13.9. The smallest absolute Gasteiger partial charge is 0.238 e. The van der Waals surface area contributed by atoms with E-state index in [0.29, 0.717) is 0 Å². The molecule has 0 aromatic heterocycles. The quantitative estimate of drug-likeness (QED) is 0.723. The van der Waals surface area contributed by atoms with Gasteiger partial charge in [-0.05, 0) is 29.3 Å². The summed E-state index contributed by atoms with van der Waals surface area (Å²) in [5.41, 5.74) is 1.98. The van der Waals surface area contributed by atoms with Gasteiger partial charge in [-0.15, -0.1) is 0 Å². The van der Waals surface area contributed by atoms with Crippen LogP contribution in [-0.2, 0) is 14.4 Å². The van der Waals surface area contributed by atoms with Crippen molar-refractivity contribution in [2.24, 2.45) is 11.8 Å². The van der Waals surface area contributed by atoms with E-state index in [9.17, 15) is 18.8 Å². The molecule has 2 aromatic rings. The Balaban J connectivity index is 1.65. The van der Waals surface area contributed by atoms with E-state index in [-0.39, 0.29) is 34.7 Å². The molecule has 1 heterocycles. The maximum absolute atomic E-state index is 13.9. The Bertz CT molecular complexity index is 1000. The maximum atomic E-state index is 13.9. The predicted molar refractivity (Wildman–Crippen MR) is 92.4 cm³/mol. The topological polar surface area (TPSA) is 54.5 Å². The van der Waals surface area contributed by atoms with Crippen molar-refractivity contribution in [3.8, 4) is 0 Å². The number of hydrogen-bond acceptors (Lipinski definition) is 3. The van der Waals surface area contributed by atoms with Crippen LogP contribution in [0.25, 0.3) is 0 Å². The molecule has 0 radical (unpaired) electrons. The second kappa shape index (κ2) is 5.24. The van der Waals surface area contributed by atoms with Crippen LogP contribution in [0.1, 0.15) is 29.4 Å². The molecule has 4 aliphatic rings. The second-order valence-corrected chi connectivity index (χ2v) is 7.45. The number of Topliss-reactive ketones (excluding diaryl/α,β-unsaturated/α-hetero) is 1. The van der Waals surface area contributed by atoms with Crippen molar-refractivity contribution in [2.75, 3.05) is 4.90 Å². The second-order valence-electron chi connectivity index (χ2n) is 7.05. The van der Waals surface area contributed by atoms with Crippen LogP contribution >= 0.6 is 11.6 Å². The normalized spacial score (nSPS) is 29.2. The fourth-order valence-corrected chi connectivity index (χ4v) is 4.96. The molecule has 2 bridgehead atoms. The molecule has 4 nitrogen and oxygen atoms in total. The first kappa shape index (κ1) is 15.7. The van der Waals surface area contributed by atoms with Crippen LogP contribution in [0.4, 0.5) is 10.1 Å². The molecule has 26 heavy (non-hydrogen) atoms. The highest BCUT2D eigenvalue weighted by atomic mass is 35.5. The molecule has 1 saturated heterocycles. The fraction of sp³-hybridized carbons (Fsp3) is 0.250. The predicted octanol–water partition coefficient (Wildman–Crippen LogP) is 3.44. The van der Waals surface area contributed by atoms with Crippen molar-refractivity contribution in [2.45, 2.75) is 18.3 Å². The van der Waals surface area contributed by atoms with Crippen molar-refractivity contribution < 1.29 is 18.8 Å². The highest BCUT2D eigenvalue weighted by Gasteiger charge is 2.62.